The molecule has 0 fully saturated rings. The van der Waals surface area contributed by atoms with Gasteiger partial charge in [-0.3, -0.25) is 4.79 Å². The lowest BCUT2D eigenvalue weighted by Gasteiger charge is -2.12. The molecule has 4 heteroatoms. The number of carbonyl (C=O) groups excluding carboxylic acids is 1. The first-order valence-corrected chi connectivity index (χ1v) is 11.5. The summed E-state index contributed by atoms with van der Waals surface area (Å²) < 4.78 is 7.24. The Kier molecular flexibility index (Phi) is 4.74. The van der Waals surface area contributed by atoms with Gasteiger partial charge in [-0.25, -0.2) is 0 Å². The molecule has 0 atom stereocenters. The molecule has 0 aliphatic rings. The molecule has 0 spiro atoms. The lowest BCUT2D eigenvalue weighted by atomic mass is 10.0. The second-order valence-electron chi connectivity index (χ2n) is 7.99. The second kappa shape index (κ2) is 7.91. The zero-order chi connectivity index (χ0) is 22.4. The van der Waals surface area contributed by atoms with Crippen LogP contribution in [0.15, 0.2) is 112 Å². The number of carbonyl (C=O) groups is 1. The van der Waals surface area contributed by atoms with Gasteiger partial charge in [0, 0.05) is 37.6 Å². The summed E-state index contributed by atoms with van der Waals surface area (Å²) in [4.78, 5) is 13.2. The molecule has 33 heavy (non-hydrogen) atoms. The van der Waals surface area contributed by atoms with Crippen molar-refractivity contribution in [3.8, 4) is 11.1 Å². The van der Waals surface area contributed by atoms with Gasteiger partial charge in [0.15, 0.2) is 0 Å². The van der Waals surface area contributed by atoms with E-state index >= 15 is 0 Å². The Morgan fingerprint density at radius 2 is 1.42 bits per heavy atom. The Bertz CT molecular complexity index is 1680. The summed E-state index contributed by atoms with van der Waals surface area (Å²) in [6.45, 7) is 0. The van der Waals surface area contributed by atoms with Crippen LogP contribution >= 0.6 is 15.9 Å². The number of halogens is 1. The first kappa shape index (κ1) is 19.8. The van der Waals surface area contributed by atoms with Crippen molar-refractivity contribution in [2.24, 2.45) is 0 Å². The van der Waals surface area contributed by atoms with Crippen molar-refractivity contribution >= 4 is 60.2 Å². The maximum Gasteiger partial charge on any atom is 0.255 e. The third kappa shape index (κ3) is 3.49. The average Bonchev–Trinajstić information content (AvgIpc) is 3.23. The van der Waals surface area contributed by atoms with Crippen molar-refractivity contribution < 1.29 is 9.21 Å². The van der Waals surface area contributed by atoms with Crippen molar-refractivity contribution in [1.82, 2.24) is 0 Å². The predicted octanol–water partition coefficient (Wildman–Crippen LogP) is 8.42. The molecule has 6 aromatic rings. The Hall–Kier alpha value is -3.89. The van der Waals surface area contributed by atoms with Gasteiger partial charge in [0.05, 0.1) is 0 Å². The highest BCUT2D eigenvalue weighted by Gasteiger charge is 2.16. The standard InChI is InChI=1S/C29H18BrNO2/c30-21-15-14-18-16-20(13-12-19(18)17-21)29(32)31-26-10-3-1-6-22(26)24-8-5-9-25-23-7-2-4-11-27(23)33-28(24)25/h1-17H,(H,31,32). The number of fused-ring (bicyclic) bond motifs is 4. The van der Waals surface area contributed by atoms with Gasteiger partial charge in [-0.05, 0) is 47.2 Å². The van der Waals surface area contributed by atoms with Crippen LogP contribution in [0.25, 0.3) is 43.8 Å². The summed E-state index contributed by atoms with van der Waals surface area (Å²) in [5, 5.41) is 7.35. The zero-order valence-corrected chi connectivity index (χ0v) is 19.1. The Balaban J connectivity index is 1.42. The number of rotatable bonds is 3. The summed E-state index contributed by atoms with van der Waals surface area (Å²) >= 11 is 3.50. The van der Waals surface area contributed by atoms with Crippen LogP contribution in [0.4, 0.5) is 5.69 Å². The highest BCUT2D eigenvalue weighted by Crippen LogP contribution is 2.38. The van der Waals surface area contributed by atoms with Crippen LogP contribution in [0.1, 0.15) is 10.4 Å². The van der Waals surface area contributed by atoms with Crippen LogP contribution in [-0.4, -0.2) is 5.91 Å². The van der Waals surface area contributed by atoms with Crippen molar-refractivity contribution in [1.29, 1.82) is 0 Å². The molecule has 3 nitrogen and oxygen atoms in total. The largest absolute Gasteiger partial charge is 0.455 e. The molecule has 1 amide bonds. The average molecular weight is 492 g/mol. The Labute approximate surface area is 198 Å². The Morgan fingerprint density at radius 1 is 0.697 bits per heavy atom. The summed E-state index contributed by atoms with van der Waals surface area (Å²) in [6, 6.07) is 33.8. The maximum atomic E-state index is 13.2. The van der Waals surface area contributed by atoms with E-state index < -0.39 is 0 Å². The maximum absolute atomic E-state index is 13.2. The van der Waals surface area contributed by atoms with E-state index in [1.807, 2.05) is 91.0 Å². The molecule has 0 aliphatic carbocycles. The second-order valence-corrected chi connectivity index (χ2v) is 8.90. The molecule has 0 aliphatic heterocycles. The lowest BCUT2D eigenvalue weighted by Crippen LogP contribution is -2.12. The molecule has 0 bridgehead atoms. The summed E-state index contributed by atoms with van der Waals surface area (Å²) in [7, 11) is 0. The number of hydrogen-bond donors (Lipinski definition) is 1. The number of benzene rings is 5. The zero-order valence-electron chi connectivity index (χ0n) is 17.5. The van der Waals surface area contributed by atoms with Gasteiger partial charge in [-0.1, -0.05) is 82.7 Å². The molecule has 0 radical (unpaired) electrons. The van der Waals surface area contributed by atoms with Crippen LogP contribution in [0.3, 0.4) is 0 Å². The van der Waals surface area contributed by atoms with Gasteiger partial charge in [-0.15, -0.1) is 0 Å². The van der Waals surface area contributed by atoms with Crippen LogP contribution in [0.2, 0.25) is 0 Å². The molecule has 0 saturated heterocycles. The highest BCUT2D eigenvalue weighted by atomic mass is 79.9. The number of hydrogen-bond acceptors (Lipinski definition) is 2. The topological polar surface area (TPSA) is 42.2 Å². The number of furan rings is 1. The number of para-hydroxylation sites is 3. The van der Waals surface area contributed by atoms with Gasteiger partial charge >= 0.3 is 0 Å². The van der Waals surface area contributed by atoms with Crippen LogP contribution in [0.5, 0.6) is 0 Å². The number of anilines is 1. The minimum absolute atomic E-state index is 0.149. The first-order chi connectivity index (χ1) is 16.2. The molecular formula is C29H18BrNO2. The molecule has 0 saturated carbocycles. The van der Waals surface area contributed by atoms with Crippen molar-refractivity contribution in [3.63, 3.8) is 0 Å². The molecule has 0 unspecified atom stereocenters. The normalized spacial score (nSPS) is 11.3. The van der Waals surface area contributed by atoms with Crippen LogP contribution in [-0.2, 0) is 0 Å². The third-order valence-electron chi connectivity index (χ3n) is 5.93. The number of nitrogens with one attached hydrogen (secondary N) is 1. The van der Waals surface area contributed by atoms with Crippen molar-refractivity contribution in [3.05, 3.63) is 113 Å². The molecule has 158 valence electrons. The first-order valence-electron chi connectivity index (χ1n) is 10.7. The lowest BCUT2D eigenvalue weighted by molar-refractivity contribution is 0.102. The van der Waals surface area contributed by atoms with Gasteiger partial charge in [0.25, 0.3) is 5.91 Å². The minimum Gasteiger partial charge on any atom is -0.455 e. The fraction of sp³-hybridized carbons (Fsp3) is 0. The van der Waals surface area contributed by atoms with Crippen LogP contribution < -0.4 is 5.32 Å². The SMILES string of the molecule is O=C(Nc1ccccc1-c1cccc2c1oc1ccccc12)c1ccc2cc(Br)ccc2c1. The van der Waals surface area contributed by atoms with Crippen molar-refractivity contribution in [2.45, 2.75) is 0 Å². The van der Waals surface area contributed by atoms with E-state index in [0.717, 1.165) is 54.0 Å². The van der Waals surface area contributed by atoms with E-state index in [4.69, 9.17) is 4.42 Å². The van der Waals surface area contributed by atoms with Gasteiger partial charge in [0.1, 0.15) is 11.2 Å². The monoisotopic (exact) mass is 491 g/mol. The van der Waals surface area contributed by atoms with E-state index in [9.17, 15) is 4.79 Å². The van der Waals surface area contributed by atoms with E-state index in [2.05, 4.69) is 33.4 Å². The molecular weight excluding hydrogens is 474 g/mol. The summed E-state index contributed by atoms with van der Waals surface area (Å²) in [5.74, 6) is -0.149. The van der Waals surface area contributed by atoms with Gasteiger partial charge in [0.2, 0.25) is 0 Å². The van der Waals surface area contributed by atoms with Crippen LogP contribution in [0, 0.1) is 0 Å². The van der Waals surface area contributed by atoms with E-state index in [-0.39, 0.29) is 5.91 Å². The smallest absolute Gasteiger partial charge is 0.255 e. The molecule has 5 aromatic carbocycles. The molecule has 6 rings (SSSR count). The van der Waals surface area contributed by atoms with E-state index in [0.29, 0.717) is 5.56 Å². The predicted molar refractivity (Wildman–Crippen MR) is 139 cm³/mol. The molecule has 1 heterocycles. The molecule has 1 aromatic heterocycles. The van der Waals surface area contributed by atoms with E-state index in [1.54, 1.807) is 0 Å². The fourth-order valence-corrected chi connectivity index (χ4v) is 4.72. The Morgan fingerprint density at radius 3 is 2.36 bits per heavy atom. The van der Waals surface area contributed by atoms with Gasteiger partial charge < -0.3 is 9.73 Å². The van der Waals surface area contributed by atoms with E-state index in [1.165, 1.54) is 0 Å². The van der Waals surface area contributed by atoms with Crippen molar-refractivity contribution in [2.75, 3.05) is 5.32 Å². The summed E-state index contributed by atoms with van der Waals surface area (Å²) in [5.41, 5.74) is 4.89. The minimum atomic E-state index is -0.149. The third-order valence-corrected chi connectivity index (χ3v) is 6.43. The fourth-order valence-electron chi connectivity index (χ4n) is 4.34. The molecule has 1 N–H and O–H groups in total. The number of amides is 1. The quantitative estimate of drug-likeness (QED) is 0.269. The highest BCUT2D eigenvalue weighted by molar-refractivity contribution is 9.10. The summed E-state index contributed by atoms with van der Waals surface area (Å²) in [6.07, 6.45) is 0. The van der Waals surface area contributed by atoms with Gasteiger partial charge in [-0.2, -0.15) is 0 Å².